The summed E-state index contributed by atoms with van der Waals surface area (Å²) in [5.41, 5.74) is 2.35. The number of hydrogen-bond donors (Lipinski definition) is 0. The first kappa shape index (κ1) is 22.4. The van der Waals surface area contributed by atoms with Gasteiger partial charge in [0.05, 0.1) is 18.6 Å². The van der Waals surface area contributed by atoms with Gasteiger partial charge in [-0.15, -0.1) is 0 Å². The Balaban J connectivity index is 1.87. The van der Waals surface area contributed by atoms with Crippen LogP contribution in [0.2, 0.25) is 38.3 Å². The van der Waals surface area contributed by atoms with E-state index in [0.717, 1.165) is 11.3 Å². The minimum Gasteiger partial charge on any atom is -0.349 e. The first-order valence-corrected chi connectivity index (χ1v) is 17.0. The molecule has 0 spiro atoms. The lowest BCUT2D eigenvalue weighted by molar-refractivity contribution is -0.117. The molecule has 4 nitrogen and oxygen atoms in total. The van der Waals surface area contributed by atoms with E-state index in [4.69, 9.17) is 5.10 Å². The molecular formula is C24H32N2O2Si2. The van der Waals surface area contributed by atoms with E-state index < -0.39 is 16.5 Å². The van der Waals surface area contributed by atoms with Crippen molar-refractivity contribution >= 4 is 33.7 Å². The van der Waals surface area contributed by atoms with Crippen LogP contribution in [0.15, 0.2) is 65.8 Å². The van der Waals surface area contributed by atoms with Gasteiger partial charge in [0.1, 0.15) is 5.78 Å². The average molecular weight is 437 g/mol. The zero-order valence-electron chi connectivity index (χ0n) is 18.5. The van der Waals surface area contributed by atoms with Crippen LogP contribution in [-0.2, 0) is 4.79 Å². The van der Waals surface area contributed by atoms with Crippen molar-refractivity contribution in [3.8, 4) is 0 Å². The number of ketones is 2. The molecule has 30 heavy (non-hydrogen) atoms. The minimum absolute atomic E-state index is 0.0811. The maximum atomic E-state index is 12.9. The standard InChI is InChI=1S/C24H32N2O2Si2/c1-29(2)16-11-17-30(3,4)26(29)25-23(20-12-7-5-8-13-20)18-22(27)19-24(28)21-14-9-6-10-15-21/h5-10,12-15H,11,16-19H2,1-4H3. The number of nitrogens with zero attached hydrogens (tertiary/aromatic N) is 2. The van der Waals surface area contributed by atoms with Gasteiger partial charge in [0.25, 0.3) is 0 Å². The van der Waals surface area contributed by atoms with Crippen LogP contribution in [0, 0.1) is 0 Å². The second-order valence-electron chi connectivity index (χ2n) is 9.38. The summed E-state index contributed by atoms with van der Waals surface area (Å²) in [6.45, 7) is 9.53. The predicted molar refractivity (Wildman–Crippen MR) is 129 cm³/mol. The van der Waals surface area contributed by atoms with Gasteiger partial charge in [0.15, 0.2) is 22.3 Å². The summed E-state index contributed by atoms with van der Waals surface area (Å²) in [7, 11) is -3.31. The highest BCUT2D eigenvalue weighted by molar-refractivity contribution is 6.91. The zero-order valence-corrected chi connectivity index (χ0v) is 20.5. The summed E-state index contributed by atoms with van der Waals surface area (Å²) < 4.78 is 2.46. The van der Waals surface area contributed by atoms with Crippen LogP contribution in [0.4, 0.5) is 0 Å². The maximum Gasteiger partial charge on any atom is 0.170 e. The van der Waals surface area contributed by atoms with Crippen LogP contribution in [0.3, 0.4) is 0 Å². The molecule has 0 saturated carbocycles. The van der Waals surface area contributed by atoms with E-state index in [1.54, 1.807) is 12.1 Å². The van der Waals surface area contributed by atoms with E-state index in [0.29, 0.717) is 5.56 Å². The van der Waals surface area contributed by atoms with Crippen LogP contribution in [0.25, 0.3) is 0 Å². The van der Waals surface area contributed by atoms with Gasteiger partial charge in [-0.3, -0.25) is 9.59 Å². The molecular weight excluding hydrogens is 404 g/mol. The summed E-state index contributed by atoms with van der Waals surface area (Å²) in [4.78, 5) is 25.4. The molecule has 0 aliphatic carbocycles. The molecule has 0 atom stereocenters. The van der Waals surface area contributed by atoms with Crippen LogP contribution in [0.5, 0.6) is 0 Å². The molecule has 0 bridgehead atoms. The van der Waals surface area contributed by atoms with E-state index in [9.17, 15) is 9.59 Å². The molecule has 0 unspecified atom stereocenters. The predicted octanol–water partition coefficient (Wildman–Crippen LogP) is 5.74. The summed E-state index contributed by atoms with van der Waals surface area (Å²) in [5, 5.41) is 5.17. The third-order valence-electron chi connectivity index (χ3n) is 5.87. The smallest absolute Gasteiger partial charge is 0.170 e. The Morgan fingerprint density at radius 1 is 0.800 bits per heavy atom. The lowest BCUT2D eigenvalue weighted by Gasteiger charge is -2.49. The molecule has 0 aromatic heterocycles. The summed E-state index contributed by atoms with van der Waals surface area (Å²) in [6, 6.07) is 21.5. The topological polar surface area (TPSA) is 49.7 Å². The Bertz CT molecular complexity index is 909. The molecule has 0 amide bonds. The van der Waals surface area contributed by atoms with Crippen molar-refractivity contribution in [1.82, 2.24) is 4.34 Å². The van der Waals surface area contributed by atoms with Gasteiger partial charge >= 0.3 is 0 Å². The van der Waals surface area contributed by atoms with Crippen LogP contribution < -0.4 is 0 Å². The van der Waals surface area contributed by atoms with Gasteiger partial charge in [-0.2, -0.15) is 5.10 Å². The zero-order chi connectivity index (χ0) is 21.8. The molecule has 1 fully saturated rings. The van der Waals surface area contributed by atoms with Gasteiger partial charge < -0.3 is 4.34 Å². The molecule has 1 aliphatic rings. The lowest BCUT2D eigenvalue weighted by Crippen LogP contribution is -2.62. The molecule has 158 valence electrons. The number of carbonyl (C=O) groups excluding carboxylic acids is 2. The first-order valence-electron chi connectivity index (χ1n) is 10.7. The quantitative estimate of drug-likeness (QED) is 0.241. The van der Waals surface area contributed by atoms with Crippen molar-refractivity contribution in [2.75, 3.05) is 0 Å². The van der Waals surface area contributed by atoms with Gasteiger partial charge in [0, 0.05) is 5.56 Å². The van der Waals surface area contributed by atoms with Gasteiger partial charge in [-0.05, 0) is 17.7 Å². The van der Waals surface area contributed by atoms with Gasteiger partial charge in [0.2, 0.25) is 0 Å². The Morgan fingerprint density at radius 3 is 1.83 bits per heavy atom. The molecule has 1 saturated heterocycles. The summed E-state index contributed by atoms with van der Waals surface area (Å²) in [6.07, 6.45) is 1.39. The van der Waals surface area contributed by atoms with Crippen molar-refractivity contribution in [2.24, 2.45) is 5.10 Å². The number of carbonyl (C=O) groups is 2. The number of Topliss-reactive ketones (excluding diaryl/α,β-unsaturated/α-hetero) is 2. The normalized spacial score (nSPS) is 18.1. The highest BCUT2D eigenvalue weighted by Gasteiger charge is 2.44. The Morgan fingerprint density at radius 2 is 1.30 bits per heavy atom. The fraction of sp³-hybridized carbons (Fsp3) is 0.375. The van der Waals surface area contributed by atoms with E-state index in [1.807, 2.05) is 48.5 Å². The molecule has 0 radical (unpaired) electrons. The second-order valence-corrected chi connectivity index (χ2v) is 18.9. The van der Waals surface area contributed by atoms with Crippen molar-refractivity contribution < 1.29 is 9.59 Å². The highest BCUT2D eigenvalue weighted by Crippen LogP contribution is 2.35. The molecule has 2 aromatic carbocycles. The molecule has 3 rings (SSSR count). The minimum atomic E-state index is -1.66. The number of hydrazone groups is 1. The van der Waals surface area contributed by atoms with E-state index in [2.05, 4.69) is 30.5 Å². The van der Waals surface area contributed by atoms with Crippen molar-refractivity contribution in [1.29, 1.82) is 0 Å². The third-order valence-corrected chi connectivity index (χ3v) is 15.1. The average Bonchev–Trinajstić information content (AvgIpc) is 2.70. The van der Waals surface area contributed by atoms with Gasteiger partial charge in [-0.25, -0.2) is 0 Å². The molecule has 1 aliphatic heterocycles. The Labute approximate surface area is 182 Å². The van der Waals surface area contributed by atoms with Crippen molar-refractivity contribution in [3.05, 3.63) is 71.8 Å². The molecule has 0 N–H and O–H groups in total. The molecule has 1 heterocycles. The monoisotopic (exact) mass is 436 g/mol. The third kappa shape index (κ3) is 5.43. The van der Waals surface area contributed by atoms with Gasteiger partial charge in [-0.1, -0.05) is 93.3 Å². The molecule has 6 heteroatoms. The second kappa shape index (κ2) is 9.22. The summed E-state index contributed by atoms with van der Waals surface area (Å²) in [5.74, 6) is -0.210. The largest absolute Gasteiger partial charge is 0.349 e. The maximum absolute atomic E-state index is 12.9. The van der Waals surface area contributed by atoms with Crippen LogP contribution >= 0.6 is 0 Å². The lowest BCUT2D eigenvalue weighted by atomic mass is 10.00. The Kier molecular flexibility index (Phi) is 6.88. The van der Waals surface area contributed by atoms with E-state index in [-0.39, 0.29) is 24.4 Å². The SMILES string of the molecule is C[Si]1(C)CCC[Si](C)(C)N1N=C(CC(=O)CC(=O)c1ccccc1)c1ccccc1. The summed E-state index contributed by atoms with van der Waals surface area (Å²) >= 11 is 0. The Hall–Kier alpha value is -2.32. The first-order chi connectivity index (χ1) is 14.2. The number of hydrogen-bond acceptors (Lipinski definition) is 4. The van der Waals surface area contributed by atoms with Crippen LogP contribution in [0.1, 0.15) is 35.2 Å². The van der Waals surface area contributed by atoms with E-state index in [1.165, 1.54) is 18.5 Å². The fourth-order valence-electron chi connectivity index (χ4n) is 4.36. The number of benzene rings is 2. The van der Waals surface area contributed by atoms with Crippen LogP contribution in [-0.4, -0.2) is 38.1 Å². The number of rotatable bonds is 7. The fourth-order valence-corrected chi connectivity index (χ4v) is 15.2. The van der Waals surface area contributed by atoms with Crippen molar-refractivity contribution in [2.45, 2.75) is 57.5 Å². The van der Waals surface area contributed by atoms with Crippen molar-refractivity contribution in [3.63, 3.8) is 0 Å². The molecule has 2 aromatic rings. The highest BCUT2D eigenvalue weighted by atomic mass is 28.4. The van der Waals surface area contributed by atoms with E-state index >= 15 is 0 Å².